The number of rotatable bonds is 6. The monoisotopic (exact) mass is 718 g/mol. The molecule has 0 aromatic carbocycles. The second-order valence-corrected chi connectivity index (χ2v) is 22.6. The lowest BCUT2D eigenvalue weighted by molar-refractivity contribution is -0.0208. The van der Waals surface area contributed by atoms with Gasteiger partial charge in [0, 0.05) is 34.5 Å². The maximum absolute atomic E-state index is 6.94. The molecule has 0 spiro atoms. The standard InChI is InChI=1S/C48H79NOS/c1-3-12-32(13-4-1)33-22-26-36(27-23-33)49(37-28-24-35(25-29-37)39-17-8-7-16-38(39)34-14-5-2-6-15-34)43-20-11-19-40-41-30-31-45-46(48(41)51-47(40)43)42-18-9-10-21-44(42)50-45/h32-48H,1-31H2. The van der Waals surface area contributed by atoms with Crippen LogP contribution in [0, 0.1) is 59.2 Å². The Kier molecular flexibility index (Phi) is 11.2. The highest BCUT2D eigenvalue weighted by atomic mass is 32.2. The Morgan fingerprint density at radius 1 is 0.333 bits per heavy atom. The summed E-state index contributed by atoms with van der Waals surface area (Å²) in [5, 5.41) is 1.85. The Bertz CT molecular complexity index is 1110. The van der Waals surface area contributed by atoms with Crippen LogP contribution in [-0.4, -0.2) is 45.7 Å². The topological polar surface area (TPSA) is 12.5 Å². The highest BCUT2D eigenvalue weighted by Gasteiger charge is 2.60. The van der Waals surface area contributed by atoms with Crippen LogP contribution in [0.2, 0.25) is 0 Å². The lowest BCUT2D eigenvalue weighted by Gasteiger charge is -2.53. The third kappa shape index (κ3) is 7.01. The first kappa shape index (κ1) is 35.7. The molecule has 0 aromatic heterocycles. The molecule has 51 heavy (non-hydrogen) atoms. The van der Waals surface area contributed by atoms with Gasteiger partial charge in [-0.2, -0.15) is 11.8 Å². The number of hydrogen-bond donors (Lipinski definition) is 0. The van der Waals surface area contributed by atoms with Gasteiger partial charge in [-0.05, 0) is 156 Å². The van der Waals surface area contributed by atoms with E-state index in [0.717, 1.165) is 87.8 Å². The van der Waals surface area contributed by atoms with E-state index < -0.39 is 0 Å². The van der Waals surface area contributed by atoms with Crippen LogP contribution in [0.15, 0.2) is 0 Å². The average molecular weight is 718 g/mol. The molecule has 3 heteroatoms. The molecule has 0 N–H and O–H groups in total. The number of hydrogen-bond acceptors (Lipinski definition) is 3. The van der Waals surface area contributed by atoms with E-state index in [0.29, 0.717) is 12.2 Å². The zero-order valence-electron chi connectivity index (χ0n) is 33.0. The molecule has 0 radical (unpaired) electrons. The summed E-state index contributed by atoms with van der Waals surface area (Å²) in [5.41, 5.74) is 0. The van der Waals surface area contributed by atoms with Crippen LogP contribution in [0.4, 0.5) is 0 Å². The largest absolute Gasteiger partial charge is 0.374 e. The third-order valence-corrected chi connectivity index (χ3v) is 21.0. The summed E-state index contributed by atoms with van der Waals surface area (Å²) >= 11 is 2.62. The van der Waals surface area contributed by atoms with E-state index in [4.69, 9.17) is 4.74 Å². The zero-order chi connectivity index (χ0) is 33.7. The van der Waals surface area contributed by atoms with E-state index >= 15 is 0 Å². The van der Waals surface area contributed by atoms with Gasteiger partial charge in [-0.1, -0.05) is 96.3 Å². The lowest BCUT2D eigenvalue weighted by Crippen LogP contribution is -2.57. The van der Waals surface area contributed by atoms with Crippen molar-refractivity contribution in [3.05, 3.63) is 0 Å². The van der Waals surface area contributed by atoms with Gasteiger partial charge < -0.3 is 4.74 Å². The minimum atomic E-state index is 0.615. The molecule has 2 aliphatic heterocycles. The highest BCUT2D eigenvalue weighted by molar-refractivity contribution is 8.00. The summed E-state index contributed by atoms with van der Waals surface area (Å²) in [4.78, 5) is 3.43. The normalized spacial score (nSPS) is 49.9. The number of fused-ring (bicyclic) bond motifs is 7. The predicted octanol–water partition coefficient (Wildman–Crippen LogP) is 13.0. The quantitative estimate of drug-likeness (QED) is 0.271. The van der Waals surface area contributed by atoms with Crippen LogP contribution >= 0.6 is 11.8 Å². The molecule has 11 unspecified atom stereocenters. The molecule has 8 saturated carbocycles. The van der Waals surface area contributed by atoms with Crippen molar-refractivity contribution in [2.45, 2.75) is 240 Å². The van der Waals surface area contributed by atoms with Gasteiger partial charge in [0.05, 0.1) is 12.2 Å². The fourth-order valence-corrected chi connectivity index (χ4v) is 19.3. The fraction of sp³-hybridized carbons (Fsp3) is 1.00. The van der Waals surface area contributed by atoms with Crippen LogP contribution in [0.5, 0.6) is 0 Å². The first-order valence-corrected chi connectivity index (χ1v) is 25.3. The maximum Gasteiger partial charge on any atom is 0.0621 e. The molecule has 0 bridgehead atoms. The molecule has 8 aliphatic carbocycles. The molecule has 2 saturated heterocycles. The molecule has 0 aromatic rings. The smallest absolute Gasteiger partial charge is 0.0621 e. The van der Waals surface area contributed by atoms with Gasteiger partial charge in [0.15, 0.2) is 0 Å². The van der Waals surface area contributed by atoms with Crippen LogP contribution < -0.4 is 0 Å². The van der Waals surface area contributed by atoms with E-state index in [2.05, 4.69) is 16.7 Å². The van der Waals surface area contributed by atoms with E-state index in [1.165, 1.54) is 89.9 Å². The summed E-state index contributed by atoms with van der Waals surface area (Å²) in [5.74, 6) is 10.3. The summed E-state index contributed by atoms with van der Waals surface area (Å²) in [6, 6.07) is 2.67. The first-order valence-electron chi connectivity index (χ1n) is 24.4. The molecule has 11 atom stereocenters. The molecular weight excluding hydrogens is 639 g/mol. The van der Waals surface area contributed by atoms with Crippen molar-refractivity contribution < 1.29 is 4.74 Å². The van der Waals surface area contributed by atoms with Crippen molar-refractivity contribution in [3.8, 4) is 0 Å². The van der Waals surface area contributed by atoms with E-state index in [1.54, 1.807) is 109 Å². The zero-order valence-corrected chi connectivity index (χ0v) is 33.8. The highest BCUT2D eigenvalue weighted by Crippen LogP contribution is 2.62. The van der Waals surface area contributed by atoms with Crippen molar-refractivity contribution in [1.29, 1.82) is 0 Å². The lowest BCUT2D eigenvalue weighted by atomic mass is 9.61. The van der Waals surface area contributed by atoms with E-state index in [-0.39, 0.29) is 0 Å². The van der Waals surface area contributed by atoms with Crippen molar-refractivity contribution >= 4 is 11.8 Å². The maximum atomic E-state index is 6.94. The summed E-state index contributed by atoms with van der Waals surface area (Å²) < 4.78 is 6.94. The van der Waals surface area contributed by atoms with E-state index in [9.17, 15) is 0 Å². The summed E-state index contributed by atoms with van der Waals surface area (Å²) in [6.45, 7) is 0. The van der Waals surface area contributed by atoms with Gasteiger partial charge in [0.2, 0.25) is 0 Å². The molecule has 2 nitrogen and oxygen atoms in total. The minimum absolute atomic E-state index is 0.615. The SMILES string of the molecule is C1CCC(C2CCC(N(C3CCC(C4CCCCC4C4CCCCC4)CC3)C3CCCC4C5CCC6OC7CCCCC7C6C5SC43)CC2)CC1. The Morgan fingerprint density at radius 2 is 0.843 bits per heavy atom. The molecule has 0 amide bonds. The predicted molar refractivity (Wildman–Crippen MR) is 215 cm³/mol. The van der Waals surface area contributed by atoms with Gasteiger partial charge in [0.25, 0.3) is 0 Å². The van der Waals surface area contributed by atoms with Crippen LogP contribution in [0.3, 0.4) is 0 Å². The molecule has 10 rings (SSSR count). The molecule has 2 heterocycles. The molecule has 10 fully saturated rings. The Morgan fingerprint density at radius 3 is 1.53 bits per heavy atom. The van der Waals surface area contributed by atoms with E-state index in [1.807, 2.05) is 0 Å². The van der Waals surface area contributed by atoms with Crippen LogP contribution in [0.1, 0.15) is 199 Å². The Balaban J connectivity index is 0.873. The summed E-state index contributed by atoms with van der Waals surface area (Å²) in [7, 11) is 0. The molecule has 288 valence electrons. The van der Waals surface area contributed by atoms with Crippen LogP contribution in [-0.2, 0) is 4.74 Å². The van der Waals surface area contributed by atoms with Gasteiger partial charge in [0.1, 0.15) is 0 Å². The van der Waals surface area contributed by atoms with Gasteiger partial charge in [-0.25, -0.2) is 0 Å². The second-order valence-electron chi connectivity index (χ2n) is 21.2. The van der Waals surface area contributed by atoms with Crippen molar-refractivity contribution in [1.82, 2.24) is 4.90 Å². The van der Waals surface area contributed by atoms with Crippen molar-refractivity contribution in [2.75, 3.05) is 0 Å². The third-order valence-electron chi connectivity index (χ3n) is 19.1. The fourth-order valence-electron chi connectivity index (χ4n) is 16.9. The van der Waals surface area contributed by atoms with Gasteiger partial charge >= 0.3 is 0 Å². The summed E-state index contributed by atoms with van der Waals surface area (Å²) in [6.07, 6.45) is 48.7. The second kappa shape index (κ2) is 16.0. The number of ether oxygens (including phenoxy) is 1. The number of thioether (sulfide) groups is 1. The Labute approximate surface area is 319 Å². The van der Waals surface area contributed by atoms with Gasteiger partial charge in [-0.3, -0.25) is 4.90 Å². The Hall–Kier alpha value is 0.270. The van der Waals surface area contributed by atoms with Gasteiger partial charge in [-0.15, -0.1) is 0 Å². The van der Waals surface area contributed by atoms with Crippen molar-refractivity contribution in [2.24, 2.45) is 59.2 Å². The minimum Gasteiger partial charge on any atom is -0.374 e. The van der Waals surface area contributed by atoms with Crippen LogP contribution in [0.25, 0.3) is 0 Å². The first-order chi connectivity index (χ1) is 25.3. The van der Waals surface area contributed by atoms with Crippen molar-refractivity contribution in [3.63, 3.8) is 0 Å². The molecular formula is C48H79NOS. The molecule has 10 aliphatic rings. The number of nitrogens with zero attached hydrogens (tertiary/aromatic N) is 1. The average Bonchev–Trinajstić information content (AvgIpc) is 3.78.